The summed E-state index contributed by atoms with van der Waals surface area (Å²) >= 11 is 1.88. The highest BCUT2D eigenvalue weighted by molar-refractivity contribution is 7.26. The molecule has 6 aromatic heterocycles. The van der Waals surface area contributed by atoms with Crippen LogP contribution in [0.3, 0.4) is 0 Å². The maximum atomic E-state index is 6.40. The lowest BCUT2D eigenvalue weighted by molar-refractivity contribution is 0.415. The molecule has 0 aliphatic carbocycles. The van der Waals surface area contributed by atoms with Gasteiger partial charge in [0.2, 0.25) is 5.95 Å². The molecule has 0 aliphatic heterocycles. The topological polar surface area (TPSA) is 74.4 Å². The minimum Gasteiger partial charge on any atom is -0.497 e. The summed E-state index contributed by atoms with van der Waals surface area (Å²) in [5.41, 5.74) is 28.5. The number of methoxy groups -OCH3 is 1. The summed E-state index contributed by atoms with van der Waals surface area (Å²) < 4.78 is 25.1. The van der Waals surface area contributed by atoms with Crippen LogP contribution in [0.4, 0.5) is 17.1 Å². The number of benzene rings is 24. The molecule has 0 bridgehead atoms. The fourth-order valence-electron chi connectivity index (χ4n) is 22.5. The van der Waals surface area contributed by atoms with E-state index in [1.165, 1.54) is 157 Å². The van der Waals surface area contributed by atoms with Gasteiger partial charge in [0.1, 0.15) is 28.1 Å². The van der Waals surface area contributed by atoms with Gasteiger partial charge in [-0.15, -0.1) is 11.3 Å². The van der Waals surface area contributed by atoms with Crippen LogP contribution in [-0.4, -0.2) is 26.2 Å². The quantitative estimate of drug-likeness (QED) is 0.107. The van der Waals surface area contributed by atoms with Gasteiger partial charge in [-0.3, -0.25) is 4.57 Å². The normalized spacial score (nSPS) is 11.7. The Kier molecular flexibility index (Phi) is 20.6. The van der Waals surface area contributed by atoms with Gasteiger partial charge >= 0.3 is 0 Å². The fraction of sp³-hybridized carbons (Fsp3) is 0.00730. The minimum absolute atomic E-state index is 0.638. The third-order valence-electron chi connectivity index (χ3n) is 29.3. The Labute approximate surface area is 844 Å². The molecule has 6 heterocycles. The molecule has 0 N–H and O–H groups in total. The van der Waals surface area contributed by atoms with E-state index in [1.54, 1.807) is 7.11 Å². The van der Waals surface area contributed by atoms with Crippen LogP contribution in [0.15, 0.2) is 518 Å². The lowest BCUT2D eigenvalue weighted by Crippen LogP contribution is -2.09. The molecule has 0 aliphatic rings. The molecule has 9 heteroatoms. The Balaban J connectivity index is 0.000000112. The van der Waals surface area contributed by atoms with Crippen LogP contribution < -0.4 is 9.64 Å². The van der Waals surface area contributed by atoms with Crippen LogP contribution in [0.5, 0.6) is 5.75 Å². The molecule has 0 spiro atoms. The Morgan fingerprint density at radius 3 is 1.29 bits per heavy atom. The standard InChI is InChI=1S/C56H36N2S.C54H33N3O.C27H18O2/c1-5-17-37(18-6-1)55-50-36-54-48(45-26-14-16-28-53(45)59-54)35-46(50)43-31-30-42(57(39-19-7-2-8-20-39)40-21-9-3-10-22-40)34-49(43)56(55)38-29-32-52-47(33-38)44-25-13-15-27-51(44)58(52)41-23-11-4-12-24-41;1-4-14-34(15-5-1)37-24-26-40-44-32-53-47(42-21-11-13-23-52(42)58-53)31-39(44)30-43(45(40)28-37)38-25-27-51-46(29-38)41-20-10-12-22-50(41)57(51)54-55-48(35-16-6-2-7-17-35)33-49(56-54)36-18-8-3-9-19-36;1-28-19-12-10-17(11-13-19)23-14-18-15-27-25(22-8-4-5-9-26(22)29-27)16-24(18)21-7-3-2-6-20(21)23/h1-36H;1-33H;2-16H,1H3. The van der Waals surface area contributed by atoms with E-state index >= 15 is 0 Å². The number of fused-ring (bicyclic) bond motifs is 24. The molecule has 0 unspecified atom stereocenters. The van der Waals surface area contributed by atoms with Crippen LogP contribution >= 0.6 is 11.3 Å². The second-order valence-electron chi connectivity index (χ2n) is 37.6. The van der Waals surface area contributed by atoms with Gasteiger partial charge in [0, 0.05) is 97.1 Å². The van der Waals surface area contributed by atoms with Crippen molar-refractivity contribution in [2.75, 3.05) is 12.0 Å². The van der Waals surface area contributed by atoms with E-state index in [1.807, 2.05) is 59.9 Å². The van der Waals surface area contributed by atoms with Crippen molar-refractivity contribution in [1.82, 2.24) is 19.1 Å². The first-order valence-corrected chi connectivity index (χ1v) is 50.4. The highest BCUT2D eigenvalue weighted by Gasteiger charge is 2.27. The van der Waals surface area contributed by atoms with Crippen molar-refractivity contribution < 1.29 is 13.6 Å². The van der Waals surface area contributed by atoms with Gasteiger partial charge in [0.25, 0.3) is 0 Å². The number of thiophene rings is 1. The highest BCUT2D eigenvalue weighted by Crippen LogP contribution is 2.53. The van der Waals surface area contributed by atoms with E-state index in [9.17, 15) is 0 Å². The van der Waals surface area contributed by atoms with Crippen LogP contribution in [0.2, 0.25) is 0 Å². The highest BCUT2D eigenvalue weighted by atomic mass is 32.1. The number of nitrogens with zero attached hydrogens (tertiary/aromatic N) is 5. The van der Waals surface area contributed by atoms with E-state index in [0.29, 0.717) is 5.95 Å². The zero-order valence-electron chi connectivity index (χ0n) is 79.4. The Bertz CT molecular complexity index is 10300. The number of anilines is 3. The molecule has 24 aromatic carbocycles. The third-order valence-corrected chi connectivity index (χ3v) is 30.4. The minimum atomic E-state index is 0.638. The lowest BCUT2D eigenvalue weighted by Gasteiger charge is -2.27. The molecular weight excluding hydrogens is 1800 g/mol. The molecule has 0 amide bonds. The van der Waals surface area contributed by atoms with Gasteiger partial charge in [0.05, 0.1) is 40.6 Å². The van der Waals surface area contributed by atoms with Gasteiger partial charge < -0.3 is 23.0 Å². The molecule has 0 saturated heterocycles. The maximum Gasteiger partial charge on any atom is 0.235 e. The fourth-order valence-corrected chi connectivity index (χ4v) is 23.7. The molecule has 0 atom stereocenters. The zero-order chi connectivity index (χ0) is 96.4. The largest absolute Gasteiger partial charge is 0.497 e. The Morgan fingerprint density at radius 1 is 0.219 bits per heavy atom. The van der Waals surface area contributed by atoms with Crippen molar-refractivity contribution >= 4 is 201 Å². The molecule has 146 heavy (non-hydrogen) atoms. The lowest BCUT2D eigenvalue weighted by atomic mass is 9.84. The molecule has 0 fully saturated rings. The van der Waals surface area contributed by atoms with Crippen molar-refractivity contribution in [1.29, 1.82) is 0 Å². The predicted molar refractivity (Wildman–Crippen MR) is 615 cm³/mol. The van der Waals surface area contributed by atoms with Crippen molar-refractivity contribution in [2.45, 2.75) is 0 Å². The van der Waals surface area contributed by atoms with E-state index in [4.69, 9.17) is 23.5 Å². The first-order valence-electron chi connectivity index (χ1n) is 49.6. The van der Waals surface area contributed by atoms with Gasteiger partial charge in [-0.2, -0.15) is 0 Å². The van der Waals surface area contributed by atoms with Crippen molar-refractivity contribution in [3.63, 3.8) is 0 Å². The van der Waals surface area contributed by atoms with Crippen molar-refractivity contribution in [3.05, 3.63) is 510 Å². The molecule has 0 radical (unpaired) electrons. The van der Waals surface area contributed by atoms with Crippen molar-refractivity contribution in [2.24, 2.45) is 0 Å². The average molecular weight is 1880 g/mol. The SMILES string of the molecule is COc1ccc(-c2cc3cc4oc5ccccc5c4cc3c3ccccc23)cc1.c1ccc(-c2c(-c3ccc4c(c3)c3ccccc3n4-c3ccccc3)c3cc(N(c4ccccc4)c4ccccc4)ccc3c3cc4c(cc23)sc2ccccc24)cc1.c1ccc(-c2ccc3c(c2)c(-c2ccc4c(c2)c2ccccc2n4-c2nc(-c4ccccc4)cc(-c4ccccc4)n2)cc2cc4c(cc23)oc2ccccc24)cc1. The van der Waals surface area contributed by atoms with Crippen LogP contribution in [0, 0.1) is 0 Å². The Hall–Kier alpha value is -19.1. The second-order valence-corrected chi connectivity index (χ2v) is 38.7. The summed E-state index contributed by atoms with van der Waals surface area (Å²) in [5.74, 6) is 1.50. The summed E-state index contributed by atoms with van der Waals surface area (Å²) in [6.07, 6.45) is 0. The predicted octanol–water partition coefficient (Wildman–Crippen LogP) is 38.3. The number of aromatic nitrogens is 4. The molecular formula is C137H87N5O3S. The first kappa shape index (κ1) is 85.0. The van der Waals surface area contributed by atoms with Gasteiger partial charge in [-0.05, 0) is 296 Å². The molecule has 8 nitrogen and oxygen atoms in total. The Morgan fingerprint density at radius 2 is 0.651 bits per heavy atom. The van der Waals surface area contributed by atoms with E-state index in [0.717, 1.165) is 122 Å². The molecule has 684 valence electrons. The summed E-state index contributed by atoms with van der Waals surface area (Å²) in [4.78, 5) is 12.9. The molecule has 30 aromatic rings. The smallest absolute Gasteiger partial charge is 0.235 e. The van der Waals surface area contributed by atoms with Gasteiger partial charge in [0.15, 0.2) is 0 Å². The summed E-state index contributed by atoms with van der Waals surface area (Å²) in [5, 5.41) is 26.6. The maximum absolute atomic E-state index is 6.40. The van der Waals surface area contributed by atoms with Gasteiger partial charge in [-0.1, -0.05) is 334 Å². The molecule has 30 rings (SSSR count). The van der Waals surface area contributed by atoms with E-state index < -0.39 is 0 Å². The zero-order valence-corrected chi connectivity index (χ0v) is 80.2. The number of rotatable bonds is 13. The van der Waals surface area contributed by atoms with E-state index in [-0.39, 0.29) is 0 Å². The van der Waals surface area contributed by atoms with Crippen LogP contribution in [0.25, 0.3) is 262 Å². The van der Waals surface area contributed by atoms with Crippen LogP contribution in [0.1, 0.15) is 0 Å². The van der Waals surface area contributed by atoms with E-state index in [2.05, 4.69) is 475 Å². The number of hydrogen-bond acceptors (Lipinski definition) is 7. The number of ether oxygens (including phenoxy) is 1. The summed E-state index contributed by atoms with van der Waals surface area (Å²) in [7, 11) is 1.69. The van der Waals surface area contributed by atoms with Crippen LogP contribution in [-0.2, 0) is 0 Å². The second kappa shape index (κ2) is 35.3. The molecule has 0 saturated carbocycles. The summed E-state index contributed by atoms with van der Waals surface area (Å²) in [6, 6.07) is 183. The first-order chi connectivity index (χ1) is 72.3. The summed E-state index contributed by atoms with van der Waals surface area (Å²) in [6.45, 7) is 0. The number of para-hydroxylation sites is 7. The third kappa shape index (κ3) is 14.6. The monoisotopic (exact) mass is 1880 g/mol. The number of furan rings is 2. The number of hydrogen-bond donors (Lipinski definition) is 0. The van der Waals surface area contributed by atoms with Gasteiger partial charge in [-0.25, -0.2) is 9.97 Å². The van der Waals surface area contributed by atoms with Crippen molar-refractivity contribution in [3.8, 4) is 95.5 Å². The average Bonchev–Trinajstić information content (AvgIpc) is 1.45.